The van der Waals surface area contributed by atoms with Gasteiger partial charge in [0.2, 0.25) is 0 Å². The second-order valence-corrected chi connectivity index (χ2v) is 11.7. The maximum Gasteiger partial charge on any atom is 0.341 e. The third-order valence-corrected chi connectivity index (χ3v) is 8.33. The van der Waals surface area contributed by atoms with E-state index in [0.29, 0.717) is 11.5 Å². The lowest BCUT2D eigenvalue weighted by molar-refractivity contribution is -0.316. The van der Waals surface area contributed by atoms with Crippen molar-refractivity contribution in [1.82, 2.24) is 15.7 Å². The van der Waals surface area contributed by atoms with Crippen LogP contribution in [0, 0.1) is 0 Å². The summed E-state index contributed by atoms with van der Waals surface area (Å²) in [5, 5.41) is 78.9. The molecule has 0 aromatic carbocycles. The highest BCUT2D eigenvalue weighted by Crippen LogP contribution is 2.32. The molecule has 15 atom stereocenters. The molecule has 2 aliphatic heterocycles. The number of carbonyl (C=O) groups is 1. The average molecular weight is 657 g/mol. The van der Waals surface area contributed by atoms with Crippen LogP contribution in [0.25, 0.3) is 0 Å². The molecular weight excluding hydrogens is 604 g/mol. The minimum absolute atomic E-state index is 0.0435. The molecular formula is C25H52N8O12. The molecule has 3 aliphatic rings. The first-order valence-electron chi connectivity index (χ1n) is 15.1. The van der Waals surface area contributed by atoms with Crippen molar-refractivity contribution in [2.75, 3.05) is 39.3 Å². The second kappa shape index (κ2) is 17.7. The van der Waals surface area contributed by atoms with E-state index in [1.165, 1.54) is 0 Å². The van der Waals surface area contributed by atoms with Crippen LogP contribution in [0.5, 0.6) is 0 Å². The van der Waals surface area contributed by atoms with E-state index < -0.39 is 104 Å². The molecule has 2 unspecified atom stereocenters. The van der Waals surface area contributed by atoms with Gasteiger partial charge in [-0.15, -0.1) is 0 Å². The molecule has 2 heterocycles. The molecule has 1 aliphatic carbocycles. The van der Waals surface area contributed by atoms with Gasteiger partial charge in [-0.3, -0.25) is 5.21 Å². The number of nitrogens with two attached hydrogens (primary N) is 5. The number of rotatable bonds is 14. The van der Waals surface area contributed by atoms with Crippen molar-refractivity contribution in [3.05, 3.63) is 0 Å². The summed E-state index contributed by atoms with van der Waals surface area (Å²) < 4.78 is 23.6. The Labute approximate surface area is 260 Å². The van der Waals surface area contributed by atoms with Crippen molar-refractivity contribution in [2.45, 2.75) is 111 Å². The molecule has 0 bridgehead atoms. The molecule has 45 heavy (non-hydrogen) atoms. The fourth-order valence-corrected chi connectivity index (χ4v) is 5.71. The zero-order valence-electron chi connectivity index (χ0n) is 25.0. The van der Waals surface area contributed by atoms with Crippen LogP contribution in [-0.4, -0.2) is 178 Å². The summed E-state index contributed by atoms with van der Waals surface area (Å²) in [6.07, 6.45) is -13.5. The fraction of sp³-hybridized carbons (Fsp3) is 0.960. The number of nitrogens with zero attached hydrogens (tertiary/aromatic N) is 1. The number of hydrogen-bond acceptors (Lipinski definition) is 18. The third kappa shape index (κ3) is 9.58. The summed E-state index contributed by atoms with van der Waals surface area (Å²) in [4.78, 5) is 12.7. The summed E-state index contributed by atoms with van der Waals surface area (Å²) in [5.74, 6) is 0. The molecule has 19 N–H and O–H groups in total. The van der Waals surface area contributed by atoms with Crippen molar-refractivity contribution in [1.29, 1.82) is 0 Å². The van der Waals surface area contributed by atoms with Crippen LogP contribution in [0.3, 0.4) is 0 Å². The lowest BCUT2D eigenvalue weighted by Gasteiger charge is -2.49. The zero-order chi connectivity index (χ0) is 33.4. The Morgan fingerprint density at radius 3 is 2.20 bits per heavy atom. The largest absolute Gasteiger partial charge is 0.394 e. The standard InChI is InChI=1S/C25H52N8O12/c26-2-1-10(35)8-31-13-6-14(36)15(7-28)42-23(13)44-21-11(29)5-12(32-25(40)33(41)4-3-27)22(20(21)39)45-24-19(38)17(30)18(37)16(9-34)43-24/h10-24,31,34-39,41H,1-9,26-30H2,(H,32,40)/t10?,11-,12+,13+,14-,15+,16+,17-,18+,19+,20-,21?,22-,23+,24+/m0/s1. The SMILES string of the molecule is NCCC(O)CN[C@@H]1C[C@H](O)[C@@H](CN)O[C@@H]1OC1[C@@H](N)C[C@@H](NC(=O)N(O)CCN)[C@H](O[C@H]2O[C@H](CO)[C@@H](O)[C@H](N)[C@H]2O)[C@H]1O. The Morgan fingerprint density at radius 1 is 0.911 bits per heavy atom. The number of nitrogens with one attached hydrogen (secondary N) is 2. The Kier molecular flexibility index (Phi) is 14.9. The highest BCUT2D eigenvalue weighted by atomic mass is 16.7. The Hall–Kier alpha value is -1.41. The van der Waals surface area contributed by atoms with Gasteiger partial charge in [0.15, 0.2) is 12.6 Å². The summed E-state index contributed by atoms with van der Waals surface area (Å²) in [6, 6.07) is -5.00. The number of hydroxylamine groups is 2. The number of aliphatic hydroxyl groups is 6. The lowest BCUT2D eigenvalue weighted by atomic mass is 9.83. The van der Waals surface area contributed by atoms with Crippen molar-refractivity contribution >= 4 is 6.03 Å². The summed E-state index contributed by atoms with van der Waals surface area (Å²) in [7, 11) is 0. The van der Waals surface area contributed by atoms with E-state index >= 15 is 0 Å². The molecule has 0 spiro atoms. The van der Waals surface area contributed by atoms with E-state index in [1.54, 1.807) is 0 Å². The predicted molar refractivity (Wildman–Crippen MR) is 154 cm³/mol. The lowest BCUT2D eigenvalue weighted by Crippen LogP contribution is -2.69. The molecule has 0 aromatic heterocycles. The minimum atomic E-state index is -1.64. The smallest absolute Gasteiger partial charge is 0.341 e. The molecule has 20 heteroatoms. The molecule has 0 aromatic rings. The van der Waals surface area contributed by atoms with Crippen LogP contribution in [0.4, 0.5) is 4.79 Å². The van der Waals surface area contributed by atoms with E-state index in [4.69, 9.17) is 47.6 Å². The Morgan fingerprint density at radius 2 is 1.58 bits per heavy atom. The van der Waals surface area contributed by atoms with Crippen LogP contribution >= 0.6 is 0 Å². The van der Waals surface area contributed by atoms with Gasteiger partial charge in [-0.1, -0.05) is 0 Å². The first-order chi connectivity index (χ1) is 21.4. The van der Waals surface area contributed by atoms with E-state index in [1.807, 2.05) is 0 Å². The molecule has 0 radical (unpaired) electrons. The topological polar surface area (TPSA) is 353 Å². The molecule has 3 fully saturated rings. The average Bonchev–Trinajstić information content (AvgIpc) is 3.00. The van der Waals surface area contributed by atoms with E-state index in [2.05, 4.69) is 10.6 Å². The summed E-state index contributed by atoms with van der Waals surface area (Å²) in [6.45, 7) is -0.604. The number of aliphatic hydroxyl groups excluding tert-OH is 6. The Bertz CT molecular complexity index is 901. The second-order valence-electron chi connectivity index (χ2n) is 11.7. The van der Waals surface area contributed by atoms with Gasteiger partial charge in [0.25, 0.3) is 0 Å². The van der Waals surface area contributed by atoms with Crippen LogP contribution in [-0.2, 0) is 18.9 Å². The van der Waals surface area contributed by atoms with Crippen molar-refractivity contribution < 1.29 is 59.6 Å². The van der Waals surface area contributed by atoms with Gasteiger partial charge >= 0.3 is 6.03 Å². The summed E-state index contributed by atoms with van der Waals surface area (Å²) >= 11 is 0. The highest BCUT2D eigenvalue weighted by Gasteiger charge is 2.51. The molecule has 264 valence electrons. The van der Waals surface area contributed by atoms with Gasteiger partial charge in [-0.05, 0) is 25.8 Å². The van der Waals surface area contributed by atoms with E-state index in [9.17, 15) is 40.6 Å². The maximum atomic E-state index is 12.7. The number of ether oxygens (including phenoxy) is 4. The van der Waals surface area contributed by atoms with Crippen LogP contribution in [0.15, 0.2) is 0 Å². The van der Waals surface area contributed by atoms with Gasteiger partial charge in [0.1, 0.15) is 36.6 Å². The first kappa shape index (κ1) is 38.0. The van der Waals surface area contributed by atoms with Gasteiger partial charge in [-0.25, -0.2) is 9.86 Å². The van der Waals surface area contributed by atoms with Gasteiger partial charge in [0, 0.05) is 25.7 Å². The molecule has 2 amide bonds. The molecule has 3 rings (SSSR count). The van der Waals surface area contributed by atoms with Crippen molar-refractivity contribution in [3.8, 4) is 0 Å². The first-order valence-corrected chi connectivity index (χ1v) is 15.1. The summed E-state index contributed by atoms with van der Waals surface area (Å²) in [5.41, 5.74) is 29.1. The quantitative estimate of drug-likeness (QED) is 0.0609. The van der Waals surface area contributed by atoms with Gasteiger partial charge in [0.05, 0.1) is 49.6 Å². The maximum absolute atomic E-state index is 12.7. The molecule has 2 saturated heterocycles. The zero-order valence-corrected chi connectivity index (χ0v) is 25.0. The van der Waals surface area contributed by atoms with Crippen LogP contribution < -0.4 is 39.3 Å². The highest BCUT2D eigenvalue weighted by molar-refractivity contribution is 5.73. The van der Waals surface area contributed by atoms with E-state index in [-0.39, 0.29) is 45.6 Å². The predicted octanol–water partition coefficient (Wildman–Crippen LogP) is -7.55. The fourth-order valence-electron chi connectivity index (χ4n) is 5.71. The van der Waals surface area contributed by atoms with Crippen LogP contribution in [0.2, 0.25) is 0 Å². The number of carbonyl (C=O) groups excluding carboxylic acids is 1. The number of hydrogen-bond donors (Lipinski definition) is 14. The third-order valence-electron chi connectivity index (χ3n) is 8.33. The Balaban J connectivity index is 1.85. The van der Waals surface area contributed by atoms with Crippen molar-refractivity contribution in [2.24, 2.45) is 28.7 Å². The minimum Gasteiger partial charge on any atom is -0.394 e. The normalized spacial score (nSPS) is 41.4. The van der Waals surface area contributed by atoms with Gasteiger partial charge in [-0.2, -0.15) is 0 Å². The molecule has 1 saturated carbocycles. The van der Waals surface area contributed by atoms with Gasteiger partial charge < -0.3 is 88.9 Å². The number of amides is 2. The molecule has 20 nitrogen and oxygen atoms in total. The van der Waals surface area contributed by atoms with Crippen molar-refractivity contribution in [3.63, 3.8) is 0 Å². The van der Waals surface area contributed by atoms with Crippen LogP contribution in [0.1, 0.15) is 19.3 Å². The number of urea groups is 1. The monoisotopic (exact) mass is 656 g/mol. The van der Waals surface area contributed by atoms with E-state index in [0.717, 1.165) is 0 Å².